The van der Waals surface area contributed by atoms with Gasteiger partial charge in [-0.15, -0.1) is 11.3 Å². The number of aromatic nitrogens is 2. The highest BCUT2D eigenvalue weighted by Crippen LogP contribution is 2.42. The van der Waals surface area contributed by atoms with Crippen LogP contribution in [0.4, 0.5) is 26.7 Å². The van der Waals surface area contributed by atoms with Crippen molar-refractivity contribution in [2.24, 2.45) is 0 Å². The number of pyridine rings is 1. The van der Waals surface area contributed by atoms with Crippen LogP contribution in [0.5, 0.6) is 5.75 Å². The second kappa shape index (κ2) is 12.8. The van der Waals surface area contributed by atoms with E-state index in [-0.39, 0.29) is 28.7 Å². The molecule has 5 N–H and O–H groups in total. The molecular formula is C26H20ClFN6O3S2. The first kappa shape index (κ1) is 28.1. The number of halogens is 2. The van der Waals surface area contributed by atoms with Crippen molar-refractivity contribution in [1.82, 2.24) is 9.97 Å². The molecule has 0 aliphatic heterocycles. The zero-order valence-corrected chi connectivity index (χ0v) is 22.4. The summed E-state index contributed by atoms with van der Waals surface area (Å²) >= 11 is 8.45. The molecule has 0 aliphatic rings. The third-order valence-corrected chi connectivity index (χ3v) is 7.37. The molecule has 4 rings (SSSR count). The Kier molecular flexibility index (Phi) is 9.19. The van der Waals surface area contributed by atoms with E-state index in [1.807, 2.05) is 5.38 Å². The summed E-state index contributed by atoms with van der Waals surface area (Å²) in [4.78, 5) is 12.4. The molecule has 0 fully saturated rings. The average molecular weight is 583 g/mol. The molecule has 2 aromatic carbocycles. The number of aliphatic hydroxyl groups is 2. The summed E-state index contributed by atoms with van der Waals surface area (Å²) in [6.07, 6.45) is -1.01. The second-order valence-corrected chi connectivity index (χ2v) is 10.2. The van der Waals surface area contributed by atoms with Crippen molar-refractivity contribution in [1.29, 1.82) is 5.26 Å². The Balaban J connectivity index is 1.55. The van der Waals surface area contributed by atoms with Gasteiger partial charge in [-0.3, -0.25) is 0 Å². The van der Waals surface area contributed by atoms with Crippen molar-refractivity contribution >= 4 is 57.0 Å². The van der Waals surface area contributed by atoms with Gasteiger partial charge < -0.3 is 26.0 Å². The van der Waals surface area contributed by atoms with Gasteiger partial charge >= 0.3 is 0 Å². The number of aliphatic hydroxyl groups excluding tert-OH is 2. The van der Waals surface area contributed by atoms with Gasteiger partial charge in [0, 0.05) is 22.4 Å². The van der Waals surface area contributed by atoms with Crippen LogP contribution >= 0.6 is 34.7 Å². The Morgan fingerprint density at radius 1 is 1.28 bits per heavy atom. The molecular weight excluding hydrogens is 563 g/mol. The lowest BCUT2D eigenvalue weighted by Crippen LogP contribution is -2.21. The Morgan fingerprint density at radius 3 is 2.72 bits per heavy atom. The fraction of sp³-hybridized carbons (Fsp3) is 0.154. The van der Waals surface area contributed by atoms with Gasteiger partial charge in [-0.1, -0.05) is 35.5 Å². The lowest BCUT2D eigenvalue weighted by atomic mass is 10.00. The molecule has 0 radical (unpaired) electrons. The van der Waals surface area contributed by atoms with Gasteiger partial charge in [-0.2, -0.15) is 5.26 Å². The maximum Gasteiger partial charge on any atom is 0.236 e. The van der Waals surface area contributed by atoms with Gasteiger partial charge in [0.25, 0.3) is 0 Å². The van der Waals surface area contributed by atoms with Crippen LogP contribution in [0.25, 0.3) is 16.0 Å². The largest absolute Gasteiger partial charge is 0.491 e. The molecule has 0 saturated heterocycles. The van der Waals surface area contributed by atoms with Crippen LogP contribution in [-0.4, -0.2) is 39.5 Å². The predicted molar refractivity (Wildman–Crippen MR) is 150 cm³/mol. The summed E-state index contributed by atoms with van der Waals surface area (Å²) in [7, 11) is 0. The molecule has 13 heteroatoms. The fourth-order valence-electron chi connectivity index (χ4n) is 3.41. The number of hydrogen-bond acceptors (Lipinski definition) is 10. The molecule has 0 spiro atoms. The van der Waals surface area contributed by atoms with Crippen LogP contribution in [0, 0.1) is 23.7 Å². The zero-order valence-electron chi connectivity index (χ0n) is 20.1. The minimum Gasteiger partial charge on any atom is -0.491 e. The van der Waals surface area contributed by atoms with Gasteiger partial charge in [0.05, 0.1) is 29.5 Å². The zero-order chi connectivity index (χ0) is 27.9. The molecule has 0 bridgehead atoms. The van der Waals surface area contributed by atoms with Gasteiger partial charge in [0.15, 0.2) is 5.13 Å². The lowest BCUT2D eigenvalue weighted by Gasteiger charge is -2.14. The summed E-state index contributed by atoms with van der Waals surface area (Å²) in [5.74, 6) is 0.313. The number of thiazole rings is 1. The summed E-state index contributed by atoms with van der Waals surface area (Å²) in [6.45, 7) is 7.12. The first-order valence-corrected chi connectivity index (χ1v) is 13.5. The number of thioether (sulfide) groups is 1. The van der Waals surface area contributed by atoms with Crippen LogP contribution in [0.1, 0.15) is 11.3 Å². The van der Waals surface area contributed by atoms with E-state index in [0.29, 0.717) is 44.2 Å². The minimum atomic E-state index is -1.01. The summed E-state index contributed by atoms with van der Waals surface area (Å²) in [5, 5.41) is 34.3. The summed E-state index contributed by atoms with van der Waals surface area (Å²) in [6, 6.07) is 13.1. The van der Waals surface area contributed by atoms with Crippen molar-refractivity contribution in [3.63, 3.8) is 0 Å². The molecule has 9 nitrogen and oxygen atoms in total. The molecule has 39 heavy (non-hydrogen) atoms. The van der Waals surface area contributed by atoms with Gasteiger partial charge in [0.2, 0.25) is 5.69 Å². The Bertz CT molecular complexity index is 1570. The fourth-order valence-corrected chi connectivity index (χ4v) is 5.31. The van der Waals surface area contributed by atoms with Gasteiger partial charge in [0.1, 0.15) is 41.2 Å². The minimum absolute atomic E-state index is 0.00126. The van der Waals surface area contributed by atoms with Crippen molar-refractivity contribution in [2.75, 3.05) is 24.3 Å². The topological polar surface area (TPSA) is 142 Å². The Labute approximate surface area is 236 Å². The number of ether oxygens (including phenoxy) is 1. The normalized spacial score (nSPS) is 11.4. The van der Waals surface area contributed by atoms with Gasteiger partial charge in [-0.25, -0.2) is 19.2 Å². The lowest BCUT2D eigenvalue weighted by molar-refractivity contribution is 0.0536. The number of nitrogen functional groups attached to an aromatic ring is 1. The Hall–Kier alpha value is -3.91. The molecule has 4 aromatic rings. The van der Waals surface area contributed by atoms with E-state index in [9.17, 15) is 14.8 Å². The summed E-state index contributed by atoms with van der Waals surface area (Å²) < 4.78 is 18.9. The van der Waals surface area contributed by atoms with E-state index < -0.39 is 18.5 Å². The number of nitrogens with one attached hydrogen (secondary N) is 1. The highest BCUT2D eigenvalue weighted by atomic mass is 35.5. The van der Waals surface area contributed by atoms with Crippen molar-refractivity contribution in [3.05, 3.63) is 81.4 Å². The monoisotopic (exact) mass is 582 g/mol. The quantitative estimate of drug-likeness (QED) is 0.135. The number of nitriles is 1. The summed E-state index contributed by atoms with van der Waals surface area (Å²) in [5.41, 5.74) is 8.63. The van der Waals surface area contributed by atoms with E-state index in [1.165, 1.54) is 35.2 Å². The number of rotatable bonds is 10. The third kappa shape index (κ3) is 6.75. The highest BCUT2D eigenvalue weighted by Gasteiger charge is 2.21. The van der Waals surface area contributed by atoms with Crippen LogP contribution in [0.3, 0.4) is 0 Å². The van der Waals surface area contributed by atoms with E-state index in [2.05, 4.69) is 26.2 Å². The number of hydrogen-bond donors (Lipinski definition) is 4. The van der Waals surface area contributed by atoms with Crippen LogP contribution in [0.2, 0.25) is 5.02 Å². The molecule has 2 heterocycles. The molecule has 0 aliphatic carbocycles. The molecule has 2 aromatic heterocycles. The van der Waals surface area contributed by atoms with Crippen molar-refractivity contribution < 1.29 is 19.3 Å². The van der Waals surface area contributed by atoms with Gasteiger partial charge in [-0.05, 0) is 35.9 Å². The van der Waals surface area contributed by atoms with E-state index in [4.69, 9.17) is 33.8 Å². The van der Waals surface area contributed by atoms with E-state index in [0.717, 1.165) is 0 Å². The van der Waals surface area contributed by atoms with E-state index in [1.54, 1.807) is 30.3 Å². The van der Waals surface area contributed by atoms with Crippen LogP contribution < -0.4 is 15.8 Å². The molecule has 198 valence electrons. The van der Waals surface area contributed by atoms with Crippen LogP contribution in [0.15, 0.2) is 52.9 Å². The average Bonchev–Trinajstić information content (AvgIpc) is 3.39. The number of benzene rings is 2. The maximum absolute atomic E-state index is 13.4. The number of nitrogens with zero attached hydrogens (tertiary/aromatic N) is 4. The second-order valence-electron chi connectivity index (χ2n) is 7.98. The predicted octanol–water partition coefficient (Wildman–Crippen LogP) is 5.77. The van der Waals surface area contributed by atoms with Crippen molar-refractivity contribution in [3.8, 4) is 22.9 Å². The van der Waals surface area contributed by atoms with Crippen molar-refractivity contribution in [2.45, 2.75) is 16.9 Å². The highest BCUT2D eigenvalue weighted by molar-refractivity contribution is 7.98. The SMILES string of the molecule is [C-]#[N+]c1c(N)nc(SCc2csc(Nc3ccc(F)c(Cl)c3)n2)c(C#N)c1-c1ccc(OC[C@@H](O)CO)cc1. The molecule has 1 atom stereocenters. The first-order valence-electron chi connectivity index (χ1n) is 11.2. The third-order valence-electron chi connectivity index (χ3n) is 5.26. The smallest absolute Gasteiger partial charge is 0.236 e. The molecule has 0 saturated carbocycles. The van der Waals surface area contributed by atoms with E-state index >= 15 is 0 Å². The molecule has 0 unspecified atom stereocenters. The maximum atomic E-state index is 13.4. The first-order chi connectivity index (χ1) is 18.8. The number of nitrogens with two attached hydrogens (primary N) is 1. The molecule has 0 amide bonds. The van der Waals surface area contributed by atoms with Crippen LogP contribution in [-0.2, 0) is 5.75 Å². The Morgan fingerprint density at radius 2 is 2.05 bits per heavy atom. The number of anilines is 3. The standard InChI is InChI=1S/C26H20ClFN6O3S2/c1-31-23-22(14-2-5-18(6-3-14)37-11-17(36)10-35)19(9-29)25(34-24(23)30)38-12-16-13-39-26(33-16)32-15-4-7-21(28)20(27)8-15/h2-8,13,17,35-36H,10-12H2,(H2,30,34)(H,32,33)/t17-/m0/s1.